The third-order valence-corrected chi connectivity index (χ3v) is 3.83. The first-order valence-electron chi connectivity index (χ1n) is 6.26. The molecule has 0 amide bonds. The minimum absolute atomic E-state index is 0.0286. The van der Waals surface area contributed by atoms with Gasteiger partial charge in [0.05, 0.1) is 5.56 Å². The lowest BCUT2D eigenvalue weighted by molar-refractivity contribution is 0.444. The molecule has 2 aromatic rings. The molecule has 1 unspecified atom stereocenters. The van der Waals surface area contributed by atoms with Crippen molar-refractivity contribution in [2.45, 2.75) is 5.75 Å². The molecule has 0 radical (unpaired) electrons. The fraction of sp³-hybridized carbons (Fsp3) is 0.0667. The highest BCUT2D eigenvalue weighted by molar-refractivity contribution is 7.78. The molecule has 1 atom stereocenters. The van der Waals surface area contributed by atoms with Crippen LogP contribution in [0.3, 0.4) is 0 Å². The smallest absolute Gasteiger partial charge is 0.195 e. The van der Waals surface area contributed by atoms with Gasteiger partial charge in [-0.1, -0.05) is 28.7 Å². The maximum atomic E-state index is 14.4. The minimum atomic E-state index is -2.61. The van der Waals surface area contributed by atoms with Crippen LogP contribution in [-0.2, 0) is 16.8 Å². The summed E-state index contributed by atoms with van der Waals surface area (Å²) in [6.45, 7) is 0. The normalized spacial score (nSPS) is 13.6. The molecular weight excluding hydrogens is 375 g/mol. The van der Waals surface area contributed by atoms with Crippen molar-refractivity contribution in [3.8, 4) is 0 Å². The molecule has 128 valence electrons. The lowest BCUT2D eigenvalue weighted by atomic mass is 10.0. The van der Waals surface area contributed by atoms with E-state index in [2.05, 4.69) is 0 Å². The zero-order valence-corrected chi connectivity index (χ0v) is 13.2. The maximum absolute atomic E-state index is 14.4. The molecule has 2 aromatic carbocycles. The molecule has 2 rings (SSSR count). The Morgan fingerprint density at radius 2 is 1.62 bits per heavy atom. The summed E-state index contributed by atoms with van der Waals surface area (Å²) in [6.07, 6.45) is 0. The number of halogens is 6. The van der Waals surface area contributed by atoms with E-state index in [-0.39, 0.29) is 10.6 Å². The molecule has 0 aliphatic carbocycles. The van der Waals surface area contributed by atoms with Gasteiger partial charge in [0.2, 0.25) is 0 Å². The molecule has 0 aromatic heterocycles. The molecule has 0 saturated carbocycles. The fourth-order valence-corrected chi connectivity index (χ4v) is 2.62. The predicted octanol–water partition coefficient (Wildman–Crippen LogP) is 4.90. The summed E-state index contributed by atoms with van der Waals surface area (Å²) in [5.41, 5.74) is -1.81. The Kier molecular flexibility index (Phi) is 5.74. The van der Waals surface area contributed by atoms with Gasteiger partial charge in [-0.2, -0.15) is 0 Å². The van der Waals surface area contributed by atoms with E-state index in [1.807, 2.05) is 0 Å². The molecule has 0 aliphatic rings. The van der Waals surface area contributed by atoms with Crippen LogP contribution in [0.4, 0.5) is 22.0 Å². The lowest BCUT2D eigenvalue weighted by Gasteiger charge is -2.12. The van der Waals surface area contributed by atoms with Gasteiger partial charge in [0, 0.05) is 16.3 Å². The lowest BCUT2D eigenvalue weighted by Crippen LogP contribution is -2.00. The van der Waals surface area contributed by atoms with Gasteiger partial charge < -0.3 is 4.55 Å². The monoisotopic (exact) mass is 381 g/mol. The first kappa shape index (κ1) is 18.6. The third kappa shape index (κ3) is 3.82. The van der Waals surface area contributed by atoms with Crippen LogP contribution in [-0.4, -0.2) is 8.76 Å². The Bertz CT molecular complexity index is 854. The van der Waals surface area contributed by atoms with E-state index in [0.717, 1.165) is 12.1 Å². The Hall–Kier alpha value is -1.77. The summed E-state index contributed by atoms with van der Waals surface area (Å²) in [4.78, 5) is 0. The van der Waals surface area contributed by atoms with Crippen LogP contribution < -0.4 is 0 Å². The minimum Gasteiger partial charge on any atom is -0.772 e. The van der Waals surface area contributed by atoms with Gasteiger partial charge in [0.15, 0.2) is 29.1 Å². The largest absolute Gasteiger partial charge is 0.772 e. The van der Waals surface area contributed by atoms with Crippen molar-refractivity contribution >= 4 is 34.3 Å². The van der Waals surface area contributed by atoms with Crippen molar-refractivity contribution < 1.29 is 30.7 Å². The van der Waals surface area contributed by atoms with E-state index in [4.69, 9.17) is 11.6 Å². The number of rotatable bonds is 4. The van der Waals surface area contributed by atoms with Crippen LogP contribution in [0.15, 0.2) is 30.3 Å². The molecule has 0 fully saturated rings. The second kappa shape index (κ2) is 7.42. The topological polar surface area (TPSA) is 40.1 Å². The van der Waals surface area contributed by atoms with Gasteiger partial charge >= 0.3 is 0 Å². The molecule has 0 saturated heterocycles. The summed E-state index contributed by atoms with van der Waals surface area (Å²) in [5.74, 6) is -9.53. The molecule has 0 aliphatic heterocycles. The van der Waals surface area contributed by atoms with Crippen LogP contribution in [0.5, 0.6) is 0 Å². The standard InChI is InChI=1S/C15H8ClF5O2S/c16-8-2-1-7(6-24(22)23)10(5-8)14(20)12(18)9-3-4-11(17)15(21)13(9)19/h1-5H,6H2,(H,22,23)/p-1. The van der Waals surface area contributed by atoms with Gasteiger partial charge in [-0.05, 0) is 29.8 Å². The quantitative estimate of drug-likeness (QED) is 0.327. The first-order valence-corrected chi connectivity index (χ1v) is 7.88. The molecule has 24 heavy (non-hydrogen) atoms. The van der Waals surface area contributed by atoms with E-state index < -0.39 is 57.1 Å². The third-order valence-electron chi connectivity index (χ3n) is 3.05. The van der Waals surface area contributed by atoms with Crippen LogP contribution >= 0.6 is 11.6 Å². The highest BCUT2D eigenvalue weighted by Gasteiger charge is 2.22. The van der Waals surface area contributed by atoms with Crippen molar-refractivity contribution in [3.05, 3.63) is 69.5 Å². The van der Waals surface area contributed by atoms with Crippen molar-refractivity contribution in [1.29, 1.82) is 0 Å². The number of hydrogen-bond donors (Lipinski definition) is 0. The molecule has 0 spiro atoms. The molecular formula is C15H7ClF5O2S-. The molecule has 2 nitrogen and oxygen atoms in total. The average Bonchev–Trinajstić information content (AvgIpc) is 2.53. The highest BCUT2D eigenvalue weighted by Crippen LogP contribution is 2.34. The van der Waals surface area contributed by atoms with Gasteiger partial charge in [-0.15, -0.1) is 0 Å². The van der Waals surface area contributed by atoms with Crippen LogP contribution in [0.1, 0.15) is 16.7 Å². The number of hydrogen-bond acceptors (Lipinski definition) is 2. The second-order valence-corrected chi connectivity index (χ2v) is 5.93. The van der Waals surface area contributed by atoms with E-state index in [9.17, 15) is 30.7 Å². The average molecular weight is 382 g/mol. The Morgan fingerprint density at radius 3 is 2.25 bits per heavy atom. The SMILES string of the molecule is O=S([O-])Cc1ccc(Cl)cc1C(F)=C(F)c1ccc(F)c(F)c1F. The predicted molar refractivity (Wildman–Crippen MR) is 79.4 cm³/mol. The Balaban J connectivity index is 2.63. The van der Waals surface area contributed by atoms with E-state index in [1.54, 1.807) is 0 Å². The first-order chi connectivity index (χ1) is 11.2. The van der Waals surface area contributed by atoms with Crippen LogP contribution in [0.25, 0.3) is 11.7 Å². The second-order valence-electron chi connectivity index (χ2n) is 4.60. The summed E-state index contributed by atoms with van der Waals surface area (Å²) in [7, 11) is 0. The summed E-state index contributed by atoms with van der Waals surface area (Å²) >= 11 is 3.07. The van der Waals surface area contributed by atoms with Crippen molar-refractivity contribution in [2.24, 2.45) is 0 Å². The van der Waals surface area contributed by atoms with E-state index in [1.165, 1.54) is 6.07 Å². The number of benzene rings is 2. The Morgan fingerprint density at radius 1 is 1.00 bits per heavy atom. The zero-order chi connectivity index (χ0) is 18.0. The van der Waals surface area contributed by atoms with Gasteiger partial charge in [-0.3, -0.25) is 4.21 Å². The maximum Gasteiger partial charge on any atom is 0.195 e. The fourth-order valence-electron chi connectivity index (χ4n) is 1.94. The highest BCUT2D eigenvalue weighted by atomic mass is 35.5. The van der Waals surface area contributed by atoms with Crippen molar-refractivity contribution in [1.82, 2.24) is 0 Å². The van der Waals surface area contributed by atoms with Gasteiger partial charge in [0.1, 0.15) is 0 Å². The van der Waals surface area contributed by atoms with Crippen molar-refractivity contribution in [3.63, 3.8) is 0 Å². The molecule has 9 heteroatoms. The molecule has 0 bridgehead atoms. The van der Waals surface area contributed by atoms with Crippen LogP contribution in [0, 0.1) is 17.5 Å². The van der Waals surface area contributed by atoms with E-state index in [0.29, 0.717) is 12.1 Å². The summed E-state index contributed by atoms with van der Waals surface area (Å²) < 4.78 is 89.8. The van der Waals surface area contributed by atoms with E-state index >= 15 is 0 Å². The van der Waals surface area contributed by atoms with Gasteiger partial charge in [-0.25, -0.2) is 22.0 Å². The van der Waals surface area contributed by atoms with Crippen LogP contribution in [0.2, 0.25) is 5.02 Å². The van der Waals surface area contributed by atoms with Crippen molar-refractivity contribution in [2.75, 3.05) is 0 Å². The van der Waals surface area contributed by atoms with Gasteiger partial charge in [0.25, 0.3) is 0 Å². The molecule has 0 heterocycles. The molecule has 0 N–H and O–H groups in total. The Labute approximate surface area is 140 Å². The summed E-state index contributed by atoms with van der Waals surface area (Å²) in [5, 5.41) is -0.0286. The summed E-state index contributed by atoms with van der Waals surface area (Å²) in [6, 6.07) is 4.32. The zero-order valence-electron chi connectivity index (χ0n) is 11.6.